The lowest BCUT2D eigenvalue weighted by Crippen LogP contribution is -2.52. The van der Waals surface area contributed by atoms with Crippen LogP contribution in [0.5, 0.6) is 0 Å². The first kappa shape index (κ1) is 26.4. The highest BCUT2D eigenvalue weighted by Gasteiger charge is 2.31. The van der Waals surface area contributed by atoms with Crippen molar-refractivity contribution in [1.29, 1.82) is 0 Å². The molecule has 184 valence electrons. The zero-order valence-electron chi connectivity index (χ0n) is 20.2. The Morgan fingerprint density at radius 2 is 1.57 bits per heavy atom. The molecule has 3 aromatic rings. The minimum Gasteiger partial charge on any atom is -0.352 e. The molecule has 0 spiro atoms. The molecular formula is C29H32ClFN2O2. The number of carbonyl (C=O) groups excluding carboxylic acids is 2. The Morgan fingerprint density at radius 3 is 2.23 bits per heavy atom. The molecule has 0 heterocycles. The second-order valence-electron chi connectivity index (χ2n) is 8.73. The second kappa shape index (κ2) is 13.1. The van der Waals surface area contributed by atoms with Gasteiger partial charge in [0.2, 0.25) is 11.8 Å². The number of nitrogens with zero attached hydrogens (tertiary/aromatic N) is 1. The predicted octanol–water partition coefficient (Wildman–Crippen LogP) is 5.97. The summed E-state index contributed by atoms with van der Waals surface area (Å²) < 4.78 is 14.6. The molecule has 0 radical (unpaired) electrons. The van der Waals surface area contributed by atoms with Crippen molar-refractivity contribution in [2.45, 2.75) is 58.2 Å². The molecule has 0 saturated carbocycles. The summed E-state index contributed by atoms with van der Waals surface area (Å²) in [5, 5.41) is 3.61. The van der Waals surface area contributed by atoms with Gasteiger partial charge in [-0.25, -0.2) is 4.39 Å². The Balaban J connectivity index is 1.93. The van der Waals surface area contributed by atoms with Gasteiger partial charge in [-0.1, -0.05) is 85.3 Å². The largest absolute Gasteiger partial charge is 0.352 e. The van der Waals surface area contributed by atoms with Gasteiger partial charge in [-0.2, -0.15) is 0 Å². The number of hydrogen-bond acceptors (Lipinski definition) is 2. The van der Waals surface area contributed by atoms with Gasteiger partial charge in [-0.15, -0.1) is 0 Å². The molecule has 4 nitrogen and oxygen atoms in total. The molecule has 0 bridgehead atoms. The lowest BCUT2D eigenvalue weighted by atomic mass is 10.0. The van der Waals surface area contributed by atoms with Crippen molar-refractivity contribution < 1.29 is 14.0 Å². The van der Waals surface area contributed by atoms with Gasteiger partial charge in [-0.05, 0) is 43.0 Å². The summed E-state index contributed by atoms with van der Waals surface area (Å²) in [4.78, 5) is 28.6. The van der Waals surface area contributed by atoms with Crippen molar-refractivity contribution in [2.24, 2.45) is 0 Å². The first-order valence-corrected chi connectivity index (χ1v) is 12.4. The number of amides is 2. The van der Waals surface area contributed by atoms with Crippen LogP contribution in [0, 0.1) is 5.82 Å². The van der Waals surface area contributed by atoms with Crippen LogP contribution in [0.2, 0.25) is 5.02 Å². The molecule has 35 heavy (non-hydrogen) atoms. The quantitative estimate of drug-likeness (QED) is 0.357. The highest BCUT2D eigenvalue weighted by Crippen LogP contribution is 2.21. The number of nitrogens with one attached hydrogen (secondary N) is 1. The average Bonchev–Trinajstić information content (AvgIpc) is 2.87. The van der Waals surface area contributed by atoms with Crippen molar-refractivity contribution in [1.82, 2.24) is 10.2 Å². The van der Waals surface area contributed by atoms with E-state index in [1.54, 1.807) is 24.3 Å². The van der Waals surface area contributed by atoms with E-state index in [0.29, 0.717) is 23.4 Å². The van der Waals surface area contributed by atoms with Gasteiger partial charge in [0.15, 0.2) is 0 Å². The highest BCUT2D eigenvalue weighted by atomic mass is 35.5. The lowest BCUT2D eigenvalue weighted by Gasteiger charge is -2.32. The summed E-state index contributed by atoms with van der Waals surface area (Å²) in [5.41, 5.74) is 2.15. The maximum Gasteiger partial charge on any atom is 0.243 e. The second-order valence-corrected chi connectivity index (χ2v) is 9.14. The summed E-state index contributed by atoms with van der Waals surface area (Å²) in [6.45, 7) is 3.92. The molecule has 0 aliphatic heterocycles. The average molecular weight is 495 g/mol. The van der Waals surface area contributed by atoms with Crippen LogP contribution < -0.4 is 5.32 Å². The fourth-order valence-corrected chi connectivity index (χ4v) is 4.12. The summed E-state index contributed by atoms with van der Waals surface area (Å²) in [7, 11) is 0. The normalized spacial score (nSPS) is 12.6. The molecule has 2 amide bonds. The Kier molecular flexibility index (Phi) is 9.86. The van der Waals surface area contributed by atoms with Crippen molar-refractivity contribution in [2.75, 3.05) is 0 Å². The smallest absolute Gasteiger partial charge is 0.243 e. The zero-order chi connectivity index (χ0) is 25.2. The van der Waals surface area contributed by atoms with E-state index in [-0.39, 0.29) is 30.8 Å². The van der Waals surface area contributed by atoms with Gasteiger partial charge in [0, 0.05) is 36.0 Å². The van der Waals surface area contributed by atoms with E-state index in [0.717, 1.165) is 17.5 Å². The minimum absolute atomic E-state index is 0.000541. The predicted molar refractivity (Wildman–Crippen MR) is 139 cm³/mol. The van der Waals surface area contributed by atoms with Crippen LogP contribution in [-0.4, -0.2) is 28.8 Å². The Morgan fingerprint density at radius 1 is 0.943 bits per heavy atom. The third-order valence-corrected chi connectivity index (χ3v) is 6.51. The van der Waals surface area contributed by atoms with Gasteiger partial charge >= 0.3 is 0 Å². The van der Waals surface area contributed by atoms with E-state index in [1.807, 2.05) is 62.4 Å². The SMILES string of the molecule is CCC(C)NC(=O)C(Cc1ccccc1)N(Cc1ccccc1F)C(=O)CCc1ccccc1Cl. The van der Waals surface area contributed by atoms with Gasteiger partial charge < -0.3 is 10.2 Å². The Labute approximate surface area is 212 Å². The summed E-state index contributed by atoms with van der Waals surface area (Å²) >= 11 is 6.29. The number of benzene rings is 3. The molecule has 0 saturated heterocycles. The molecule has 0 aromatic heterocycles. The number of aryl methyl sites for hydroxylation is 1. The van der Waals surface area contributed by atoms with E-state index in [1.165, 1.54) is 11.0 Å². The Hall–Kier alpha value is -3.18. The molecular weight excluding hydrogens is 463 g/mol. The first-order chi connectivity index (χ1) is 16.9. The van der Waals surface area contributed by atoms with Gasteiger partial charge in [0.25, 0.3) is 0 Å². The molecule has 0 aliphatic carbocycles. The lowest BCUT2D eigenvalue weighted by molar-refractivity contribution is -0.141. The first-order valence-electron chi connectivity index (χ1n) is 12.0. The van der Waals surface area contributed by atoms with Crippen molar-refractivity contribution in [3.05, 3.63) is 106 Å². The molecule has 1 N–H and O–H groups in total. The van der Waals surface area contributed by atoms with Crippen LogP contribution in [0.3, 0.4) is 0 Å². The van der Waals surface area contributed by atoms with Gasteiger partial charge in [-0.3, -0.25) is 9.59 Å². The van der Waals surface area contributed by atoms with E-state index in [9.17, 15) is 14.0 Å². The van der Waals surface area contributed by atoms with Crippen LogP contribution in [0.4, 0.5) is 4.39 Å². The topological polar surface area (TPSA) is 49.4 Å². The molecule has 3 aromatic carbocycles. The maximum atomic E-state index is 14.6. The molecule has 6 heteroatoms. The standard InChI is InChI=1S/C29H32ClFN2O2/c1-3-21(2)32-29(35)27(19-22-11-5-4-6-12-22)33(20-24-14-8-10-16-26(24)31)28(34)18-17-23-13-7-9-15-25(23)30/h4-16,21,27H,3,17-20H2,1-2H3,(H,32,35). The third-order valence-electron chi connectivity index (χ3n) is 6.14. The fraction of sp³-hybridized carbons (Fsp3) is 0.310. The van der Waals surface area contributed by atoms with E-state index < -0.39 is 11.9 Å². The Bertz CT molecular complexity index is 1120. The van der Waals surface area contributed by atoms with E-state index in [2.05, 4.69) is 5.32 Å². The van der Waals surface area contributed by atoms with Crippen molar-refractivity contribution in [3.63, 3.8) is 0 Å². The molecule has 2 unspecified atom stereocenters. The highest BCUT2D eigenvalue weighted by molar-refractivity contribution is 6.31. The monoisotopic (exact) mass is 494 g/mol. The molecule has 3 rings (SSSR count). The summed E-state index contributed by atoms with van der Waals surface area (Å²) in [6.07, 6.45) is 1.67. The molecule has 0 aliphatic rings. The third kappa shape index (κ3) is 7.66. The summed E-state index contributed by atoms with van der Waals surface area (Å²) in [6, 6.07) is 22.5. The van der Waals surface area contributed by atoms with Crippen LogP contribution in [0.15, 0.2) is 78.9 Å². The van der Waals surface area contributed by atoms with Crippen LogP contribution >= 0.6 is 11.6 Å². The maximum absolute atomic E-state index is 14.6. The van der Waals surface area contributed by atoms with Crippen LogP contribution in [0.25, 0.3) is 0 Å². The number of rotatable bonds is 11. The summed E-state index contributed by atoms with van der Waals surface area (Å²) in [5.74, 6) is -0.878. The zero-order valence-corrected chi connectivity index (χ0v) is 21.0. The number of carbonyl (C=O) groups is 2. The van der Waals surface area contributed by atoms with E-state index in [4.69, 9.17) is 11.6 Å². The van der Waals surface area contributed by atoms with Crippen molar-refractivity contribution >= 4 is 23.4 Å². The van der Waals surface area contributed by atoms with Gasteiger partial charge in [0.1, 0.15) is 11.9 Å². The van der Waals surface area contributed by atoms with E-state index >= 15 is 0 Å². The van der Waals surface area contributed by atoms with Crippen LogP contribution in [0.1, 0.15) is 43.4 Å². The molecule has 2 atom stereocenters. The number of hydrogen-bond donors (Lipinski definition) is 1. The minimum atomic E-state index is -0.787. The molecule has 0 fully saturated rings. The fourth-order valence-electron chi connectivity index (χ4n) is 3.89. The van der Waals surface area contributed by atoms with Crippen LogP contribution in [-0.2, 0) is 29.0 Å². The van der Waals surface area contributed by atoms with Gasteiger partial charge in [0.05, 0.1) is 0 Å². The van der Waals surface area contributed by atoms with Crippen molar-refractivity contribution in [3.8, 4) is 0 Å². The number of halogens is 2.